The van der Waals surface area contributed by atoms with E-state index in [-0.39, 0.29) is 12.5 Å². The van der Waals surface area contributed by atoms with Crippen molar-refractivity contribution in [2.75, 3.05) is 25.1 Å². The summed E-state index contributed by atoms with van der Waals surface area (Å²) in [6, 6.07) is 7.27. The first kappa shape index (κ1) is 13.7. The molecule has 1 aliphatic heterocycles. The van der Waals surface area contributed by atoms with Gasteiger partial charge in [0, 0.05) is 12.5 Å². The topological polar surface area (TPSA) is 86.5 Å². The number of aryl methyl sites for hydroxylation is 1. The number of nitrogens with zero attached hydrogens (tertiary/aromatic N) is 2. The minimum atomic E-state index is -0.598. The Bertz CT molecular complexity index is 635. The molecule has 1 atom stereocenters. The Morgan fingerprint density at radius 1 is 1.33 bits per heavy atom. The summed E-state index contributed by atoms with van der Waals surface area (Å²) in [5.41, 5.74) is 1.30. The maximum Gasteiger partial charge on any atom is 0.255 e. The number of anilines is 1. The van der Waals surface area contributed by atoms with E-state index in [1.807, 2.05) is 18.2 Å². The maximum atomic E-state index is 12.2. The van der Waals surface area contributed by atoms with Crippen molar-refractivity contribution in [2.45, 2.75) is 13.0 Å². The number of hydrogen-bond donors (Lipinski definition) is 1. The van der Waals surface area contributed by atoms with Crippen LogP contribution in [0.5, 0.6) is 0 Å². The third-order valence-electron chi connectivity index (χ3n) is 3.06. The van der Waals surface area contributed by atoms with Crippen molar-refractivity contribution in [1.29, 1.82) is 0 Å². The van der Waals surface area contributed by atoms with Crippen molar-refractivity contribution in [2.24, 2.45) is 0 Å². The fourth-order valence-electron chi connectivity index (χ4n) is 2.05. The number of carbonyl (C=O) groups excluding carboxylic acids is 1. The van der Waals surface area contributed by atoms with Gasteiger partial charge in [0.1, 0.15) is 0 Å². The molecule has 1 aliphatic rings. The molecule has 0 radical (unpaired) electrons. The van der Waals surface area contributed by atoms with E-state index in [9.17, 15) is 4.79 Å². The molecule has 1 aromatic carbocycles. The highest BCUT2D eigenvalue weighted by Crippen LogP contribution is 2.25. The highest BCUT2D eigenvalue weighted by molar-refractivity contribution is 5.97. The predicted molar refractivity (Wildman–Crippen MR) is 73.7 cm³/mol. The molecular formula is C14H15N3O4. The summed E-state index contributed by atoms with van der Waals surface area (Å²) in [5, 5.41) is 6.70. The first-order chi connectivity index (χ1) is 10.2. The van der Waals surface area contributed by atoms with Gasteiger partial charge in [-0.3, -0.25) is 4.79 Å². The van der Waals surface area contributed by atoms with Gasteiger partial charge in [0.2, 0.25) is 11.7 Å². The van der Waals surface area contributed by atoms with Gasteiger partial charge < -0.3 is 19.3 Å². The molecule has 1 N–H and O–H groups in total. The van der Waals surface area contributed by atoms with Crippen LogP contribution in [0.1, 0.15) is 5.89 Å². The Balaban J connectivity index is 1.80. The van der Waals surface area contributed by atoms with Crippen LogP contribution < -0.4 is 5.32 Å². The Morgan fingerprint density at radius 3 is 2.90 bits per heavy atom. The summed E-state index contributed by atoms with van der Waals surface area (Å²) in [4.78, 5) is 16.4. The normalized spacial score (nSPS) is 18.4. The minimum Gasteiger partial charge on any atom is -0.376 e. The molecule has 1 saturated heterocycles. The number of hydrogen-bond acceptors (Lipinski definition) is 6. The van der Waals surface area contributed by atoms with Crippen molar-refractivity contribution in [3.05, 3.63) is 30.2 Å². The molecule has 7 heteroatoms. The summed E-state index contributed by atoms with van der Waals surface area (Å²) in [6.07, 6.45) is -0.598. The Kier molecular flexibility index (Phi) is 3.94. The third-order valence-corrected chi connectivity index (χ3v) is 3.06. The molecule has 0 bridgehead atoms. The van der Waals surface area contributed by atoms with E-state index >= 15 is 0 Å². The minimum absolute atomic E-state index is 0.248. The average molecular weight is 289 g/mol. The molecular weight excluding hydrogens is 274 g/mol. The van der Waals surface area contributed by atoms with Crippen LogP contribution in [-0.4, -0.2) is 42.0 Å². The number of nitrogens with one attached hydrogen (secondary N) is 1. The lowest BCUT2D eigenvalue weighted by molar-refractivity contribution is -0.142. The molecule has 2 aromatic rings. The first-order valence-electron chi connectivity index (χ1n) is 6.64. The fraction of sp³-hybridized carbons (Fsp3) is 0.357. The summed E-state index contributed by atoms with van der Waals surface area (Å²) in [7, 11) is 0. The zero-order valence-corrected chi connectivity index (χ0v) is 11.5. The summed E-state index contributed by atoms with van der Waals surface area (Å²) < 4.78 is 15.6. The molecule has 1 amide bonds. The second-order valence-electron chi connectivity index (χ2n) is 4.61. The second-order valence-corrected chi connectivity index (χ2v) is 4.61. The molecule has 0 saturated carbocycles. The maximum absolute atomic E-state index is 12.2. The molecule has 1 fully saturated rings. The lowest BCUT2D eigenvalue weighted by Gasteiger charge is -2.22. The van der Waals surface area contributed by atoms with E-state index in [2.05, 4.69) is 15.5 Å². The van der Waals surface area contributed by atoms with Gasteiger partial charge in [-0.25, -0.2) is 0 Å². The number of ether oxygens (including phenoxy) is 2. The lowest BCUT2D eigenvalue weighted by Crippen LogP contribution is -2.39. The number of aromatic nitrogens is 2. The van der Waals surface area contributed by atoms with Crippen LogP contribution in [0.2, 0.25) is 0 Å². The molecule has 0 aliphatic carbocycles. The van der Waals surface area contributed by atoms with Gasteiger partial charge in [0.05, 0.1) is 25.5 Å². The molecule has 21 heavy (non-hydrogen) atoms. The van der Waals surface area contributed by atoms with Gasteiger partial charge in [-0.05, 0) is 12.1 Å². The predicted octanol–water partition coefficient (Wildman–Crippen LogP) is 1.40. The van der Waals surface area contributed by atoms with E-state index < -0.39 is 6.10 Å². The third kappa shape index (κ3) is 3.09. The van der Waals surface area contributed by atoms with E-state index in [0.717, 1.165) is 0 Å². The molecule has 0 spiro atoms. The van der Waals surface area contributed by atoms with Crippen LogP contribution in [0, 0.1) is 6.92 Å². The van der Waals surface area contributed by atoms with Gasteiger partial charge in [0.25, 0.3) is 5.91 Å². The quantitative estimate of drug-likeness (QED) is 0.919. The van der Waals surface area contributed by atoms with Crippen LogP contribution in [0.15, 0.2) is 28.8 Å². The van der Waals surface area contributed by atoms with Crippen LogP contribution in [0.3, 0.4) is 0 Å². The molecule has 1 unspecified atom stereocenters. The molecule has 2 heterocycles. The van der Waals surface area contributed by atoms with Gasteiger partial charge >= 0.3 is 0 Å². The molecule has 110 valence electrons. The van der Waals surface area contributed by atoms with E-state index in [1.54, 1.807) is 13.0 Å². The highest BCUT2D eigenvalue weighted by Gasteiger charge is 2.23. The van der Waals surface area contributed by atoms with Gasteiger partial charge in [-0.1, -0.05) is 17.3 Å². The van der Waals surface area contributed by atoms with E-state index in [4.69, 9.17) is 14.0 Å². The molecule has 7 nitrogen and oxygen atoms in total. The van der Waals surface area contributed by atoms with Gasteiger partial charge in [-0.2, -0.15) is 4.98 Å². The number of rotatable bonds is 3. The molecule has 1 aromatic heterocycles. The first-order valence-corrected chi connectivity index (χ1v) is 6.64. The standard InChI is InChI=1S/C14H15N3O4/c1-9-15-13(17-21-9)10-4-2-3-5-11(10)16-14(18)12-8-19-6-7-20-12/h2-5,12H,6-8H2,1H3,(H,16,18). The summed E-state index contributed by atoms with van der Waals surface area (Å²) in [5.74, 6) is 0.654. The largest absolute Gasteiger partial charge is 0.376 e. The number of carbonyl (C=O) groups is 1. The number of amides is 1. The molecule has 3 rings (SSSR count). The smallest absolute Gasteiger partial charge is 0.255 e. The lowest BCUT2D eigenvalue weighted by atomic mass is 10.1. The van der Waals surface area contributed by atoms with Crippen molar-refractivity contribution >= 4 is 11.6 Å². The van der Waals surface area contributed by atoms with Crippen LogP contribution in [0.4, 0.5) is 5.69 Å². The van der Waals surface area contributed by atoms with Crippen LogP contribution in [0.25, 0.3) is 11.4 Å². The van der Waals surface area contributed by atoms with Gasteiger partial charge in [0.15, 0.2) is 6.10 Å². The number of para-hydroxylation sites is 1. The Morgan fingerprint density at radius 2 is 2.19 bits per heavy atom. The monoisotopic (exact) mass is 289 g/mol. The Hall–Kier alpha value is -2.25. The Labute approximate surface area is 121 Å². The van der Waals surface area contributed by atoms with Crippen LogP contribution in [-0.2, 0) is 14.3 Å². The summed E-state index contributed by atoms with van der Waals surface area (Å²) >= 11 is 0. The zero-order chi connectivity index (χ0) is 14.7. The SMILES string of the molecule is Cc1nc(-c2ccccc2NC(=O)C2COCCO2)no1. The van der Waals surface area contributed by atoms with Gasteiger partial charge in [-0.15, -0.1) is 0 Å². The van der Waals surface area contributed by atoms with Crippen molar-refractivity contribution in [1.82, 2.24) is 10.1 Å². The van der Waals surface area contributed by atoms with E-state index in [0.29, 0.717) is 36.2 Å². The second kappa shape index (κ2) is 6.02. The number of benzene rings is 1. The fourth-order valence-corrected chi connectivity index (χ4v) is 2.05. The summed E-state index contributed by atoms with van der Waals surface area (Å²) in [6.45, 7) is 2.91. The van der Waals surface area contributed by atoms with E-state index in [1.165, 1.54) is 0 Å². The average Bonchev–Trinajstić information content (AvgIpc) is 2.95. The zero-order valence-electron chi connectivity index (χ0n) is 11.5. The van der Waals surface area contributed by atoms with Crippen molar-refractivity contribution in [3.63, 3.8) is 0 Å². The van der Waals surface area contributed by atoms with Crippen LogP contribution >= 0.6 is 0 Å². The van der Waals surface area contributed by atoms with Crippen molar-refractivity contribution in [3.8, 4) is 11.4 Å². The van der Waals surface area contributed by atoms with Crippen molar-refractivity contribution < 1.29 is 18.8 Å². The highest BCUT2D eigenvalue weighted by atomic mass is 16.6.